The Morgan fingerprint density at radius 2 is 2.09 bits per heavy atom. The zero-order valence-electron chi connectivity index (χ0n) is 19.7. The number of likely N-dealkylation sites (tertiary alicyclic amines) is 1. The van der Waals surface area contributed by atoms with Crippen LogP contribution >= 0.6 is 11.3 Å². The number of hydrogen-bond donors (Lipinski definition) is 0. The third-order valence-corrected chi connectivity index (χ3v) is 8.99. The second-order valence-electron chi connectivity index (χ2n) is 9.82. The first-order chi connectivity index (χ1) is 16.1. The monoisotopic (exact) mass is 467 g/mol. The van der Waals surface area contributed by atoms with Gasteiger partial charge in [-0.3, -0.25) is 4.90 Å². The summed E-state index contributed by atoms with van der Waals surface area (Å²) in [6.45, 7) is 8.92. The minimum atomic E-state index is -0.0994. The molecule has 9 heteroatoms. The molecule has 0 aromatic carbocycles. The van der Waals surface area contributed by atoms with Crippen LogP contribution in [-0.4, -0.2) is 53.9 Å². The number of aromatic nitrogens is 6. The lowest BCUT2D eigenvalue weighted by Gasteiger charge is -2.47. The van der Waals surface area contributed by atoms with E-state index in [2.05, 4.69) is 56.1 Å². The average Bonchev–Trinajstić information content (AvgIpc) is 3.56. The van der Waals surface area contributed by atoms with Crippen LogP contribution in [-0.2, 0) is 49.2 Å². The van der Waals surface area contributed by atoms with Crippen molar-refractivity contribution in [2.45, 2.75) is 90.1 Å². The lowest BCUT2D eigenvalue weighted by molar-refractivity contribution is -0.112. The molecule has 0 unspecified atom stereocenters. The highest BCUT2D eigenvalue weighted by molar-refractivity contribution is 7.12. The third-order valence-electron chi connectivity index (χ3n) is 7.65. The largest absolute Gasteiger partial charge is 0.370 e. The van der Waals surface area contributed by atoms with Crippen molar-refractivity contribution >= 4 is 11.3 Å². The Balaban J connectivity index is 1.12. The van der Waals surface area contributed by atoms with Crippen LogP contribution in [0.4, 0.5) is 0 Å². The number of nitrogens with zero attached hydrogens (tertiary/aromatic N) is 7. The normalized spacial score (nSPS) is 25.3. The number of thiophene rings is 1. The van der Waals surface area contributed by atoms with Gasteiger partial charge in [0.1, 0.15) is 12.4 Å². The van der Waals surface area contributed by atoms with E-state index in [1.54, 1.807) is 4.88 Å². The molecular formula is C24H33N7OS. The Hall–Kier alpha value is -2.10. The van der Waals surface area contributed by atoms with Crippen LogP contribution in [0.25, 0.3) is 0 Å². The lowest BCUT2D eigenvalue weighted by atomic mass is 9.79. The fourth-order valence-electron chi connectivity index (χ4n) is 5.84. The summed E-state index contributed by atoms with van der Waals surface area (Å²) < 4.78 is 10.7. The average molecular weight is 468 g/mol. The van der Waals surface area contributed by atoms with Crippen LogP contribution in [0.1, 0.15) is 72.2 Å². The van der Waals surface area contributed by atoms with E-state index >= 15 is 0 Å². The van der Waals surface area contributed by atoms with E-state index in [0.29, 0.717) is 12.6 Å². The van der Waals surface area contributed by atoms with E-state index in [-0.39, 0.29) is 5.60 Å². The van der Waals surface area contributed by atoms with Gasteiger partial charge in [0.15, 0.2) is 5.82 Å². The number of ether oxygens (including phenoxy) is 1. The molecule has 3 aliphatic rings. The van der Waals surface area contributed by atoms with E-state index in [0.717, 1.165) is 75.7 Å². The highest BCUT2D eigenvalue weighted by Gasteiger charge is 2.44. The summed E-state index contributed by atoms with van der Waals surface area (Å²) in [7, 11) is 0. The SMILES string of the molecule is CCc1cc2c(s1)CCO[C@@]21CCN(Cc2cn(Cc3nnc4n3CCCC4)nn2)[C@@H](C)C1. The summed E-state index contributed by atoms with van der Waals surface area (Å²) in [5.74, 6) is 2.10. The quantitative estimate of drug-likeness (QED) is 0.573. The van der Waals surface area contributed by atoms with Gasteiger partial charge in [-0.25, -0.2) is 4.68 Å². The zero-order chi connectivity index (χ0) is 22.4. The molecule has 0 bridgehead atoms. The maximum absolute atomic E-state index is 6.50. The van der Waals surface area contributed by atoms with Gasteiger partial charge in [-0.05, 0) is 50.7 Å². The lowest BCUT2D eigenvalue weighted by Crippen LogP contribution is -2.50. The Morgan fingerprint density at radius 1 is 1.15 bits per heavy atom. The van der Waals surface area contributed by atoms with Crippen LogP contribution in [0.5, 0.6) is 0 Å². The maximum atomic E-state index is 6.50. The molecule has 6 heterocycles. The van der Waals surface area contributed by atoms with Crippen LogP contribution in [0.15, 0.2) is 12.3 Å². The van der Waals surface area contributed by atoms with Crippen molar-refractivity contribution in [1.29, 1.82) is 0 Å². The van der Waals surface area contributed by atoms with Gasteiger partial charge >= 0.3 is 0 Å². The van der Waals surface area contributed by atoms with Crippen LogP contribution in [0.2, 0.25) is 0 Å². The Kier molecular flexibility index (Phi) is 5.58. The molecule has 3 aromatic heterocycles. The van der Waals surface area contributed by atoms with Gasteiger partial charge < -0.3 is 9.30 Å². The topological polar surface area (TPSA) is 73.9 Å². The Labute approximate surface area is 199 Å². The van der Waals surface area contributed by atoms with E-state index in [9.17, 15) is 0 Å². The molecule has 1 spiro atoms. The minimum Gasteiger partial charge on any atom is -0.370 e. The van der Waals surface area contributed by atoms with Crippen LogP contribution in [0, 0.1) is 0 Å². The molecule has 33 heavy (non-hydrogen) atoms. The molecule has 3 aromatic rings. The molecule has 1 fully saturated rings. The van der Waals surface area contributed by atoms with Crippen molar-refractivity contribution in [3.05, 3.63) is 44.9 Å². The third kappa shape index (κ3) is 3.94. The van der Waals surface area contributed by atoms with Gasteiger partial charge in [0.05, 0.1) is 24.1 Å². The second-order valence-corrected chi connectivity index (χ2v) is 11.0. The number of rotatable bonds is 5. The molecule has 0 amide bonds. The molecule has 0 saturated carbocycles. The van der Waals surface area contributed by atoms with E-state index < -0.39 is 0 Å². The molecule has 0 N–H and O–H groups in total. The van der Waals surface area contributed by atoms with Crippen molar-refractivity contribution in [2.24, 2.45) is 0 Å². The van der Waals surface area contributed by atoms with Crippen molar-refractivity contribution in [3.63, 3.8) is 0 Å². The molecule has 3 aliphatic heterocycles. The van der Waals surface area contributed by atoms with Gasteiger partial charge in [-0.15, -0.1) is 26.6 Å². The van der Waals surface area contributed by atoms with Crippen molar-refractivity contribution in [1.82, 2.24) is 34.7 Å². The first-order valence-corrected chi connectivity index (χ1v) is 13.3. The molecule has 2 atom stereocenters. The fourth-order valence-corrected chi connectivity index (χ4v) is 7.01. The number of aryl methyl sites for hydroxylation is 2. The first kappa shape index (κ1) is 21.4. The van der Waals surface area contributed by atoms with Crippen LogP contribution in [0.3, 0.4) is 0 Å². The van der Waals surface area contributed by atoms with E-state index in [1.807, 2.05) is 16.0 Å². The predicted octanol–water partition coefficient (Wildman–Crippen LogP) is 3.33. The molecule has 0 aliphatic carbocycles. The predicted molar refractivity (Wildman–Crippen MR) is 126 cm³/mol. The molecular weight excluding hydrogens is 434 g/mol. The summed E-state index contributed by atoms with van der Waals surface area (Å²) in [4.78, 5) is 5.58. The molecule has 0 radical (unpaired) electrons. The van der Waals surface area contributed by atoms with Crippen molar-refractivity contribution in [2.75, 3.05) is 13.2 Å². The summed E-state index contributed by atoms with van der Waals surface area (Å²) in [6, 6.07) is 2.86. The summed E-state index contributed by atoms with van der Waals surface area (Å²) in [5, 5.41) is 17.6. The summed E-state index contributed by atoms with van der Waals surface area (Å²) in [6.07, 6.45) is 9.78. The standard InChI is InChI=1S/C24H33N7OS/c1-3-19-12-20-21(33-19)7-11-32-24(20)8-10-29(17(2)13-24)14-18-15-30(28-25-18)16-23-27-26-22-6-4-5-9-31(22)23/h12,15,17H,3-11,13-14,16H2,1-2H3/t17-,24+/m0/s1. The van der Waals surface area contributed by atoms with Gasteiger partial charge in [0.2, 0.25) is 0 Å². The Morgan fingerprint density at radius 3 is 2.97 bits per heavy atom. The molecule has 1 saturated heterocycles. The van der Waals surface area contributed by atoms with Gasteiger partial charge in [0, 0.05) is 48.3 Å². The highest BCUT2D eigenvalue weighted by Crippen LogP contribution is 2.46. The second kappa shape index (κ2) is 8.60. The van der Waals surface area contributed by atoms with E-state index in [4.69, 9.17) is 4.74 Å². The van der Waals surface area contributed by atoms with E-state index in [1.165, 1.54) is 23.3 Å². The van der Waals surface area contributed by atoms with Crippen LogP contribution < -0.4 is 0 Å². The fraction of sp³-hybridized carbons (Fsp3) is 0.667. The maximum Gasteiger partial charge on any atom is 0.154 e. The van der Waals surface area contributed by atoms with Crippen molar-refractivity contribution in [3.8, 4) is 0 Å². The summed E-state index contributed by atoms with van der Waals surface area (Å²) >= 11 is 1.99. The highest BCUT2D eigenvalue weighted by atomic mass is 32.1. The van der Waals surface area contributed by atoms with Gasteiger partial charge in [-0.1, -0.05) is 12.1 Å². The van der Waals surface area contributed by atoms with Gasteiger partial charge in [0.25, 0.3) is 0 Å². The molecule has 6 rings (SSSR count). The number of fused-ring (bicyclic) bond motifs is 3. The minimum absolute atomic E-state index is 0.0994. The molecule has 176 valence electrons. The first-order valence-electron chi connectivity index (χ1n) is 12.4. The zero-order valence-corrected chi connectivity index (χ0v) is 20.5. The Bertz CT molecular complexity index is 1130. The smallest absolute Gasteiger partial charge is 0.154 e. The molecule has 8 nitrogen and oxygen atoms in total. The van der Waals surface area contributed by atoms with Crippen molar-refractivity contribution < 1.29 is 4.74 Å². The van der Waals surface area contributed by atoms with Gasteiger partial charge in [-0.2, -0.15) is 0 Å². The summed E-state index contributed by atoms with van der Waals surface area (Å²) in [5.41, 5.74) is 2.40. The number of piperidine rings is 1. The number of hydrogen-bond acceptors (Lipinski definition) is 7.